The van der Waals surface area contributed by atoms with Crippen LogP contribution in [-0.4, -0.2) is 175 Å². The Bertz CT molecular complexity index is 4610. The number of amides is 9. The van der Waals surface area contributed by atoms with Gasteiger partial charge in [0.2, 0.25) is 9.05 Å². The van der Waals surface area contributed by atoms with E-state index in [4.69, 9.17) is 14.2 Å². The monoisotopic (exact) mass is 1770 g/mol. The minimum atomic E-state index is -4.99. The van der Waals surface area contributed by atoms with E-state index in [1.54, 1.807) is 40.1 Å². The van der Waals surface area contributed by atoms with Crippen molar-refractivity contribution in [2.24, 2.45) is 0 Å². The SMILES string of the molecule is C.CS(=O)(=O)Cl.C[C@@H](OC[C@@]1(c2ccccc2)CCC2(CN1)C(=O)NC(=O)N2CCO)c1cc(C(F)(F)F)cc(C(F)(F)F)c1.C[C@@H](OC[C@@]1(c2ccccc2)CC[C@@]23CN1CCN2C(=O)NC3=O)c1cc(C(F)(F)F)cc(C(F)(F)F)c1.C[C@@H](OC[C@@]1(c2ccccc2)CC[C@]23CN1CCN2C(=O)NC3=O)c1cc(C(F)(F)F)cc(C(F)(F)F)c1. The van der Waals surface area contributed by atoms with Gasteiger partial charge in [-0.05, 0) is 147 Å². The lowest BCUT2D eigenvalue weighted by molar-refractivity contribution is -0.147. The molecule has 3 unspecified atom stereocenters. The lowest BCUT2D eigenvalue weighted by Gasteiger charge is -2.57. The largest absolute Gasteiger partial charge is 0.416 e. The second-order valence-corrected chi connectivity index (χ2v) is 33.6. The first-order chi connectivity index (χ1) is 55.7. The molecule has 0 radical (unpaired) electrons. The summed E-state index contributed by atoms with van der Waals surface area (Å²) in [7, 11) is 1.31. The number of β-amino-alcohol motifs (C(OH)–C–C–N with tert-alkyl or cyclic N) is 1. The van der Waals surface area contributed by atoms with Crippen LogP contribution in [0.5, 0.6) is 0 Å². The summed E-state index contributed by atoms with van der Waals surface area (Å²) < 4.78 is 278. The zero-order chi connectivity index (χ0) is 88.2. The Morgan fingerprint density at radius 3 is 1.01 bits per heavy atom. The van der Waals surface area contributed by atoms with Gasteiger partial charge in [0.1, 0.15) is 16.6 Å². The topological polar surface area (TPSA) is 249 Å². The maximum atomic E-state index is 13.4. The Kier molecular flexibility index (Phi) is 27.1. The van der Waals surface area contributed by atoms with Gasteiger partial charge in [-0.15, -0.1) is 0 Å². The average Bonchev–Trinajstić information content (AvgIpc) is 1.64. The molecule has 121 heavy (non-hydrogen) atoms. The number of urea groups is 3. The number of alkyl halides is 18. The minimum Gasteiger partial charge on any atom is -0.395 e. The van der Waals surface area contributed by atoms with Gasteiger partial charge in [0.15, 0.2) is 0 Å². The van der Waals surface area contributed by atoms with Gasteiger partial charge in [-0.2, -0.15) is 79.0 Å². The second kappa shape index (κ2) is 34.9. The van der Waals surface area contributed by atoms with Crippen LogP contribution in [0.4, 0.5) is 93.4 Å². The summed E-state index contributed by atoms with van der Waals surface area (Å²) in [5, 5.41) is 19.7. The minimum absolute atomic E-state index is 0. The molecule has 9 amide bonds. The van der Waals surface area contributed by atoms with Crippen molar-refractivity contribution in [2.45, 2.75) is 155 Å². The first-order valence-electron chi connectivity index (χ1n) is 37.3. The van der Waals surface area contributed by atoms with Crippen LogP contribution in [0.1, 0.15) is 152 Å². The van der Waals surface area contributed by atoms with Crippen molar-refractivity contribution in [3.05, 3.63) is 212 Å². The standard InChI is InChI=1S/C26H27F6N3O4.2C26H25F6N3O3.CH3ClO2S.CH4/c1-16(17-11-19(25(27,28)29)13-20(12-17)26(30,31)32)39-15-23(18-5-3-2-4-6-18)7-8-24(14-33-23)21(37)34-22(38)35(24)9-10-36;2*1-16(17-11-19(25(27,28)29)13-20(12-17)26(30,31)32)38-15-24(18-5-3-2-4-6-18)8-7-23-14-34(24)9-10-35(23)22(37)33-21(23)36;1-5(2,3)4;/h2-6,11-13,16,33,36H,7-10,14-15H2,1H3,(H,34,37,38);2*2-6,11-13,16H,7-10,14-15H2,1H3,(H,33,36,37);1H3;1H4/t16-,23-,24?;16-,23+,24-;16-,23-,24-;;/m111../s1. The number of carbonyl (C=O) groups excluding carboxylic acids is 6. The molecule has 8 aliphatic rings. The molecule has 8 aliphatic heterocycles. The normalized spacial score (nSPS) is 26.2. The van der Waals surface area contributed by atoms with Crippen LogP contribution in [-0.2, 0) is 91.3 Å². The molecule has 0 aliphatic carbocycles. The summed E-state index contributed by atoms with van der Waals surface area (Å²) in [6, 6.07) is 30.1. The van der Waals surface area contributed by atoms with Crippen LogP contribution in [0, 0.1) is 0 Å². The van der Waals surface area contributed by atoms with E-state index in [1.165, 1.54) is 25.7 Å². The maximum Gasteiger partial charge on any atom is 0.416 e. The van der Waals surface area contributed by atoms with Gasteiger partial charge in [-0.1, -0.05) is 98.4 Å². The molecule has 11 atom stereocenters. The van der Waals surface area contributed by atoms with E-state index < -0.39 is 155 Å². The summed E-state index contributed by atoms with van der Waals surface area (Å²) in [6.07, 6.45) is -30.4. The van der Waals surface area contributed by atoms with Crippen molar-refractivity contribution in [3.8, 4) is 0 Å². The Morgan fingerprint density at radius 1 is 0.421 bits per heavy atom. The first kappa shape index (κ1) is 94.1. The van der Waals surface area contributed by atoms with Crippen LogP contribution >= 0.6 is 10.7 Å². The Labute approximate surface area is 686 Å². The van der Waals surface area contributed by atoms with Crippen molar-refractivity contribution >= 4 is 55.5 Å². The highest BCUT2D eigenvalue weighted by molar-refractivity contribution is 8.13. The Balaban J connectivity index is 0.000000184. The van der Waals surface area contributed by atoms with E-state index in [-0.39, 0.29) is 120 Å². The smallest absolute Gasteiger partial charge is 0.395 e. The van der Waals surface area contributed by atoms with Crippen LogP contribution in [0.3, 0.4) is 0 Å². The van der Waals surface area contributed by atoms with E-state index >= 15 is 0 Å². The van der Waals surface area contributed by atoms with E-state index in [0.717, 1.165) is 22.9 Å². The number of hydrogen-bond donors (Lipinski definition) is 5. The van der Waals surface area contributed by atoms with Crippen LogP contribution in [0.25, 0.3) is 0 Å². The number of nitrogens with one attached hydrogen (secondary N) is 4. The fourth-order valence-electron chi connectivity index (χ4n) is 16.8. The van der Waals surface area contributed by atoms with Crippen molar-refractivity contribution in [3.63, 3.8) is 0 Å². The van der Waals surface area contributed by atoms with Crippen molar-refractivity contribution < 1.29 is 136 Å². The number of fused-ring (bicyclic) bond motifs is 2. The number of imide groups is 3. The molecule has 8 heterocycles. The number of hydrogen-bond acceptors (Lipinski definition) is 15. The molecule has 5 N–H and O–H groups in total. The fraction of sp³-hybridized carbons (Fsp3) is 0.475. The van der Waals surface area contributed by atoms with E-state index in [2.05, 4.69) is 31.9 Å². The summed E-state index contributed by atoms with van der Waals surface area (Å²) in [4.78, 5) is 83.7. The molecular weight excluding hydrogens is 1690 g/mol. The van der Waals surface area contributed by atoms with E-state index in [0.29, 0.717) is 88.3 Å². The Morgan fingerprint density at radius 2 is 0.711 bits per heavy atom. The summed E-state index contributed by atoms with van der Waals surface area (Å²) in [5.41, 5.74) is -12.7. The lowest BCUT2D eigenvalue weighted by atomic mass is 9.72. The predicted octanol–water partition coefficient (Wildman–Crippen LogP) is 15.4. The molecule has 14 rings (SSSR count). The predicted molar refractivity (Wildman–Crippen MR) is 399 cm³/mol. The van der Waals surface area contributed by atoms with Gasteiger partial charge in [-0.25, -0.2) is 22.8 Å². The number of piperazine rings is 2. The Hall–Kier alpha value is -9.16. The first-order valence-corrected chi connectivity index (χ1v) is 40.0. The van der Waals surface area contributed by atoms with Crippen molar-refractivity contribution in [1.29, 1.82) is 0 Å². The highest BCUT2D eigenvalue weighted by atomic mass is 35.7. The molecule has 21 nitrogen and oxygen atoms in total. The third-order valence-corrected chi connectivity index (χ3v) is 23.3. The van der Waals surface area contributed by atoms with Gasteiger partial charge in [0, 0.05) is 63.0 Å². The lowest BCUT2D eigenvalue weighted by Crippen LogP contribution is -2.71. The zero-order valence-electron chi connectivity index (χ0n) is 64.1. The molecule has 8 fully saturated rings. The highest BCUT2D eigenvalue weighted by Crippen LogP contribution is 2.52. The number of rotatable bonds is 17. The van der Waals surface area contributed by atoms with Gasteiger partial charge < -0.3 is 39.3 Å². The van der Waals surface area contributed by atoms with Gasteiger partial charge in [0.25, 0.3) is 17.7 Å². The molecule has 41 heteroatoms. The quantitative estimate of drug-likeness (QED) is 0.0324. The van der Waals surface area contributed by atoms with Crippen molar-refractivity contribution in [1.82, 2.24) is 45.8 Å². The third kappa shape index (κ3) is 19.8. The number of nitrogens with zero attached hydrogens (tertiary/aromatic N) is 5. The maximum absolute atomic E-state index is 13.4. The number of benzene rings is 6. The zero-order valence-corrected chi connectivity index (χ0v) is 65.7. The number of aliphatic hydroxyl groups is 1. The van der Waals surface area contributed by atoms with Gasteiger partial charge in [0.05, 0.1) is 101 Å². The van der Waals surface area contributed by atoms with Crippen molar-refractivity contribution in [2.75, 3.05) is 85.0 Å². The number of aliphatic hydroxyl groups excluding tert-OH is 1. The molecule has 0 saturated carbocycles. The molecule has 6 aromatic rings. The second-order valence-electron chi connectivity index (χ2n) is 30.6. The summed E-state index contributed by atoms with van der Waals surface area (Å²) in [6.45, 7) is 5.42. The third-order valence-electron chi connectivity index (χ3n) is 23.3. The van der Waals surface area contributed by atoms with Crippen LogP contribution in [0.15, 0.2) is 146 Å². The molecule has 8 saturated heterocycles. The summed E-state index contributed by atoms with van der Waals surface area (Å²) in [5.74, 6) is -1.26. The highest BCUT2D eigenvalue weighted by Gasteiger charge is 2.64. The number of halogens is 19. The molecule has 660 valence electrons. The van der Waals surface area contributed by atoms with E-state index in [9.17, 15) is 121 Å². The molecule has 3 spiro atoms. The van der Waals surface area contributed by atoms with Crippen LogP contribution in [0.2, 0.25) is 0 Å². The molecule has 4 bridgehead atoms. The average molecular weight is 1770 g/mol. The molecule has 6 aromatic carbocycles. The fourth-order valence-corrected chi connectivity index (χ4v) is 16.8. The van der Waals surface area contributed by atoms with Gasteiger partial charge in [-0.3, -0.25) is 40.1 Å². The number of ether oxygens (including phenoxy) is 3. The summed E-state index contributed by atoms with van der Waals surface area (Å²) >= 11 is 0. The van der Waals surface area contributed by atoms with Gasteiger partial charge >= 0.3 is 55.2 Å². The van der Waals surface area contributed by atoms with Crippen LogP contribution < -0.4 is 21.3 Å². The molecular formula is C80H84ClF18N9O12S. The number of piperidine rings is 3. The van der Waals surface area contributed by atoms with E-state index in [1.807, 2.05) is 70.5 Å². The number of carbonyl (C=O) groups is 6. The molecule has 0 aromatic heterocycles.